The third-order valence-corrected chi connectivity index (χ3v) is 5.56. The quantitative estimate of drug-likeness (QED) is 0.524. The predicted octanol–water partition coefficient (Wildman–Crippen LogP) is 3.50. The molecule has 1 aliphatic heterocycles. The molecule has 2 heterocycles. The van der Waals surface area contributed by atoms with Gasteiger partial charge in [-0.3, -0.25) is 10.4 Å². The van der Waals surface area contributed by atoms with Crippen molar-refractivity contribution in [3.8, 4) is 0 Å². The molecule has 0 bridgehead atoms. The first-order chi connectivity index (χ1) is 13.7. The average Bonchev–Trinajstić information content (AvgIpc) is 2.77. The van der Waals surface area contributed by atoms with E-state index in [1.807, 2.05) is 24.4 Å². The Hall–Kier alpha value is -2.70. The zero-order chi connectivity index (χ0) is 19.3. The lowest BCUT2D eigenvalue weighted by Gasteiger charge is -2.37. The molecule has 0 amide bonds. The maximum Gasteiger partial charge on any atom is 0.183 e. The second-order valence-electron chi connectivity index (χ2n) is 7.02. The van der Waals surface area contributed by atoms with Gasteiger partial charge in [0.25, 0.3) is 0 Å². The topological polar surface area (TPSA) is 43.4 Å². The van der Waals surface area contributed by atoms with E-state index in [-0.39, 0.29) is 6.04 Å². The average molecular weight is 392 g/mol. The van der Waals surface area contributed by atoms with Gasteiger partial charge in [0.05, 0.1) is 11.7 Å². The smallest absolute Gasteiger partial charge is 0.183 e. The number of hydrogen-bond acceptors (Lipinski definition) is 4. The molecule has 0 saturated carbocycles. The third-order valence-electron chi connectivity index (χ3n) is 5.20. The van der Waals surface area contributed by atoms with Gasteiger partial charge in [-0.25, -0.2) is 5.43 Å². The predicted molar refractivity (Wildman–Crippen MR) is 119 cm³/mol. The Labute approximate surface area is 171 Å². The molecule has 0 radical (unpaired) electrons. The summed E-state index contributed by atoms with van der Waals surface area (Å²) in [7, 11) is 0. The summed E-state index contributed by atoms with van der Waals surface area (Å²) < 4.78 is 0. The molecule has 1 saturated heterocycles. The van der Waals surface area contributed by atoms with Crippen LogP contribution in [0, 0.1) is 0 Å². The summed E-state index contributed by atoms with van der Waals surface area (Å²) in [5, 5.41) is 3.09. The first-order valence-corrected chi connectivity index (χ1v) is 10.1. The summed E-state index contributed by atoms with van der Waals surface area (Å²) in [4.78, 5) is 9.19. The van der Waals surface area contributed by atoms with Gasteiger partial charge in [-0.1, -0.05) is 42.5 Å². The van der Waals surface area contributed by atoms with Gasteiger partial charge >= 0.3 is 0 Å². The second-order valence-corrected chi connectivity index (χ2v) is 7.41. The van der Waals surface area contributed by atoms with Gasteiger partial charge in [0, 0.05) is 43.4 Å². The largest absolute Gasteiger partial charge is 0.368 e. The van der Waals surface area contributed by atoms with Crippen LogP contribution in [0.1, 0.15) is 18.7 Å². The van der Waals surface area contributed by atoms with Crippen LogP contribution in [-0.4, -0.2) is 41.2 Å². The van der Waals surface area contributed by atoms with Crippen LogP contribution >= 0.6 is 12.2 Å². The normalized spacial score (nSPS) is 15.5. The highest BCUT2D eigenvalue weighted by molar-refractivity contribution is 7.80. The fourth-order valence-electron chi connectivity index (χ4n) is 3.61. The lowest BCUT2D eigenvalue weighted by Crippen LogP contribution is -2.54. The Balaban J connectivity index is 1.32. The first kappa shape index (κ1) is 18.7. The van der Waals surface area contributed by atoms with Gasteiger partial charge in [-0.2, -0.15) is 0 Å². The van der Waals surface area contributed by atoms with Crippen LogP contribution < -0.4 is 15.8 Å². The summed E-state index contributed by atoms with van der Waals surface area (Å²) in [6.45, 7) is 5.84. The van der Waals surface area contributed by atoms with Crippen molar-refractivity contribution in [3.63, 3.8) is 0 Å². The molecule has 2 N–H and O–H groups in total. The fraction of sp³-hybridized carbons (Fsp3) is 0.273. The Kier molecular flexibility index (Phi) is 5.69. The van der Waals surface area contributed by atoms with E-state index in [0.717, 1.165) is 42.4 Å². The van der Waals surface area contributed by atoms with Crippen LogP contribution in [0.4, 0.5) is 5.69 Å². The highest BCUT2D eigenvalue weighted by Crippen LogP contribution is 2.21. The van der Waals surface area contributed by atoms with Crippen LogP contribution in [0.15, 0.2) is 66.9 Å². The number of hydrogen-bond donors (Lipinski definition) is 2. The Morgan fingerprint density at radius 1 is 0.964 bits per heavy atom. The summed E-state index contributed by atoms with van der Waals surface area (Å²) in [5.74, 6) is 0. The van der Waals surface area contributed by atoms with Gasteiger partial charge in [0.2, 0.25) is 0 Å². The fourth-order valence-corrected chi connectivity index (χ4v) is 3.85. The molecule has 1 aromatic heterocycles. The zero-order valence-electron chi connectivity index (χ0n) is 16.0. The van der Waals surface area contributed by atoms with Gasteiger partial charge in [0.1, 0.15) is 0 Å². The van der Waals surface area contributed by atoms with Crippen molar-refractivity contribution in [2.24, 2.45) is 0 Å². The van der Waals surface area contributed by atoms with E-state index in [1.54, 1.807) is 0 Å². The van der Waals surface area contributed by atoms with Gasteiger partial charge < -0.3 is 9.80 Å². The molecule has 6 heteroatoms. The molecule has 2 aromatic carbocycles. The molecule has 3 aromatic rings. The molecule has 28 heavy (non-hydrogen) atoms. The Morgan fingerprint density at radius 3 is 2.46 bits per heavy atom. The number of benzene rings is 2. The number of piperazine rings is 1. The molecule has 1 unspecified atom stereocenters. The van der Waals surface area contributed by atoms with Crippen molar-refractivity contribution in [1.29, 1.82) is 0 Å². The summed E-state index contributed by atoms with van der Waals surface area (Å²) in [6.07, 6.45) is 1.86. The van der Waals surface area contributed by atoms with E-state index in [1.165, 1.54) is 11.1 Å². The molecule has 144 valence electrons. The maximum absolute atomic E-state index is 5.61. The van der Waals surface area contributed by atoms with E-state index >= 15 is 0 Å². The third kappa shape index (κ3) is 4.08. The minimum Gasteiger partial charge on any atom is -0.368 e. The van der Waals surface area contributed by atoms with Crippen molar-refractivity contribution < 1.29 is 0 Å². The van der Waals surface area contributed by atoms with Crippen LogP contribution in [0.5, 0.6) is 0 Å². The molecular weight excluding hydrogens is 366 g/mol. The number of hydrazine groups is 1. The number of nitrogens with one attached hydrogen (secondary N) is 2. The highest BCUT2D eigenvalue weighted by Gasteiger charge is 2.19. The summed E-state index contributed by atoms with van der Waals surface area (Å²) in [6, 6.07) is 20.9. The van der Waals surface area contributed by atoms with Crippen molar-refractivity contribution in [1.82, 2.24) is 20.7 Å². The number of nitrogens with zero attached hydrogens (tertiary/aromatic N) is 3. The number of anilines is 1. The van der Waals surface area contributed by atoms with E-state index in [9.17, 15) is 0 Å². The molecule has 4 rings (SSSR count). The Morgan fingerprint density at radius 2 is 1.68 bits per heavy atom. The number of rotatable bonds is 4. The van der Waals surface area contributed by atoms with Crippen LogP contribution in [0.2, 0.25) is 0 Å². The summed E-state index contributed by atoms with van der Waals surface area (Å²) >= 11 is 5.61. The monoisotopic (exact) mass is 391 g/mol. The van der Waals surface area contributed by atoms with Crippen molar-refractivity contribution in [3.05, 3.63) is 72.6 Å². The maximum atomic E-state index is 5.61. The minimum absolute atomic E-state index is 0.0367. The van der Waals surface area contributed by atoms with E-state index < -0.39 is 0 Å². The van der Waals surface area contributed by atoms with Crippen molar-refractivity contribution in [2.75, 3.05) is 31.1 Å². The number of thiocarbonyl (C=S) groups is 1. The molecule has 0 aliphatic carbocycles. The number of pyridine rings is 1. The molecule has 5 nitrogen and oxygen atoms in total. The number of aromatic nitrogens is 1. The lowest BCUT2D eigenvalue weighted by molar-refractivity contribution is 0.368. The van der Waals surface area contributed by atoms with Gasteiger partial charge in [0.15, 0.2) is 5.11 Å². The van der Waals surface area contributed by atoms with E-state index in [4.69, 9.17) is 12.2 Å². The lowest BCUT2D eigenvalue weighted by atomic mass is 10.1. The summed E-state index contributed by atoms with van der Waals surface area (Å²) in [5.41, 5.74) is 8.83. The first-order valence-electron chi connectivity index (χ1n) is 9.66. The van der Waals surface area contributed by atoms with Crippen LogP contribution in [0.3, 0.4) is 0 Å². The zero-order valence-corrected chi connectivity index (χ0v) is 16.8. The number of fused-ring (bicyclic) bond motifs is 1. The molecule has 0 spiro atoms. The standard InChI is InChI=1S/C22H25N5S/c1-17(21-20-10-6-5-7-18(20)11-12-23-21)24-25-22(28)27-15-13-26(14-16-27)19-8-3-2-4-9-19/h2-12,17,24H,13-16H2,1H3,(H,25,28). The van der Waals surface area contributed by atoms with Crippen molar-refractivity contribution >= 4 is 33.8 Å². The van der Waals surface area contributed by atoms with Crippen LogP contribution in [-0.2, 0) is 0 Å². The van der Waals surface area contributed by atoms with E-state index in [2.05, 4.69) is 75.0 Å². The molecule has 1 fully saturated rings. The molecule has 1 atom stereocenters. The minimum atomic E-state index is 0.0367. The van der Waals surface area contributed by atoms with Gasteiger partial charge in [-0.15, -0.1) is 0 Å². The SMILES string of the molecule is CC(NNC(=S)N1CCN(c2ccccc2)CC1)c1nccc2ccccc12. The second kappa shape index (κ2) is 8.54. The molecular formula is C22H25N5S. The van der Waals surface area contributed by atoms with Crippen molar-refractivity contribution in [2.45, 2.75) is 13.0 Å². The highest BCUT2D eigenvalue weighted by atomic mass is 32.1. The number of para-hydroxylation sites is 1. The molecule has 1 aliphatic rings. The van der Waals surface area contributed by atoms with Gasteiger partial charge in [-0.05, 0) is 42.7 Å². The van der Waals surface area contributed by atoms with Crippen LogP contribution in [0.25, 0.3) is 10.8 Å². The Bertz CT molecular complexity index is 933. The van der Waals surface area contributed by atoms with E-state index in [0.29, 0.717) is 0 Å².